The van der Waals surface area contributed by atoms with Crippen LogP contribution >= 0.6 is 0 Å². The van der Waals surface area contributed by atoms with Crippen LogP contribution in [0.3, 0.4) is 0 Å². The third-order valence-corrected chi connectivity index (χ3v) is 2.91. The van der Waals surface area contributed by atoms with E-state index in [0.717, 1.165) is 13.0 Å². The maximum absolute atomic E-state index is 13.7. The van der Waals surface area contributed by atoms with Gasteiger partial charge in [-0.3, -0.25) is 0 Å². The Kier molecular flexibility index (Phi) is 7.45. The fourth-order valence-electron chi connectivity index (χ4n) is 2.00. The fourth-order valence-corrected chi connectivity index (χ4v) is 2.00. The monoisotopic (exact) mass is 269 g/mol. The zero-order valence-electron chi connectivity index (χ0n) is 12.1. The predicted octanol–water partition coefficient (Wildman–Crippen LogP) is 3.44. The largest absolute Gasteiger partial charge is 0.369 e. The van der Waals surface area contributed by atoms with Gasteiger partial charge in [0.2, 0.25) is 0 Å². The molecule has 1 aromatic rings. The maximum atomic E-state index is 13.7. The van der Waals surface area contributed by atoms with Crippen LogP contribution in [0, 0.1) is 5.82 Å². The van der Waals surface area contributed by atoms with Gasteiger partial charge in [0.15, 0.2) is 6.29 Å². The first-order chi connectivity index (χ1) is 9.22. The lowest BCUT2D eigenvalue weighted by Gasteiger charge is -2.26. The average molecular weight is 269 g/mol. The van der Waals surface area contributed by atoms with Gasteiger partial charge in [-0.15, -0.1) is 0 Å². The van der Waals surface area contributed by atoms with Gasteiger partial charge < -0.3 is 14.4 Å². The zero-order valence-corrected chi connectivity index (χ0v) is 12.1. The van der Waals surface area contributed by atoms with Crippen molar-refractivity contribution in [3.8, 4) is 0 Å². The molecule has 0 N–H and O–H groups in total. The Morgan fingerprint density at radius 1 is 1.11 bits per heavy atom. The fraction of sp³-hybridized carbons (Fsp3) is 0.600. The third kappa shape index (κ3) is 5.17. The SMILES string of the molecule is CCOC(CCN(CC)c1ccccc1F)OCC. The summed E-state index contributed by atoms with van der Waals surface area (Å²) in [6.45, 7) is 8.62. The quantitative estimate of drug-likeness (QED) is 0.641. The molecule has 0 aliphatic heterocycles. The van der Waals surface area contributed by atoms with E-state index < -0.39 is 0 Å². The van der Waals surface area contributed by atoms with Gasteiger partial charge in [0.05, 0.1) is 5.69 Å². The molecule has 0 unspecified atom stereocenters. The van der Waals surface area contributed by atoms with E-state index in [4.69, 9.17) is 9.47 Å². The second kappa shape index (κ2) is 8.88. The number of hydrogen-bond acceptors (Lipinski definition) is 3. The first-order valence-electron chi connectivity index (χ1n) is 6.95. The number of halogens is 1. The highest BCUT2D eigenvalue weighted by molar-refractivity contribution is 5.47. The van der Waals surface area contributed by atoms with Crippen molar-refractivity contribution in [1.82, 2.24) is 0 Å². The number of para-hydroxylation sites is 1. The highest BCUT2D eigenvalue weighted by Crippen LogP contribution is 2.19. The molecule has 0 bridgehead atoms. The van der Waals surface area contributed by atoms with Crippen molar-refractivity contribution in [3.05, 3.63) is 30.1 Å². The van der Waals surface area contributed by atoms with Crippen molar-refractivity contribution in [1.29, 1.82) is 0 Å². The van der Waals surface area contributed by atoms with E-state index in [9.17, 15) is 4.39 Å². The number of benzene rings is 1. The predicted molar refractivity (Wildman–Crippen MR) is 75.9 cm³/mol. The van der Waals surface area contributed by atoms with Crippen molar-refractivity contribution in [2.45, 2.75) is 33.5 Å². The standard InChI is InChI=1S/C15H24FNO2/c1-4-17(14-10-8-7-9-13(14)16)12-11-15(18-5-2)19-6-3/h7-10,15H,4-6,11-12H2,1-3H3. The highest BCUT2D eigenvalue weighted by Gasteiger charge is 2.13. The highest BCUT2D eigenvalue weighted by atomic mass is 19.1. The summed E-state index contributed by atoms with van der Waals surface area (Å²) in [6, 6.07) is 6.84. The molecule has 1 rings (SSSR count). The van der Waals surface area contributed by atoms with Gasteiger partial charge in [-0.2, -0.15) is 0 Å². The second-order valence-corrected chi connectivity index (χ2v) is 4.16. The molecular formula is C15H24FNO2. The van der Waals surface area contributed by atoms with Crippen molar-refractivity contribution >= 4 is 5.69 Å². The van der Waals surface area contributed by atoms with E-state index in [0.29, 0.717) is 25.4 Å². The summed E-state index contributed by atoms with van der Waals surface area (Å²) < 4.78 is 24.7. The van der Waals surface area contributed by atoms with Crippen LogP contribution < -0.4 is 4.90 Å². The van der Waals surface area contributed by atoms with Gasteiger partial charge in [-0.05, 0) is 32.9 Å². The number of nitrogens with zero attached hydrogens (tertiary/aromatic N) is 1. The van der Waals surface area contributed by atoms with Gasteiger partial charge in [0.25, 0.3) is 0 Å². The minimum absolute atomic E-state index is 0.186. The van der Waals surface area contributed by atoms with Gasteiger partial charge >= 0.3 is 0 Å². The summed E-state index contributed by atoms with van der Waals surface area (Å²) in [6.07, 6.45) is 0.514. The molecule has 0 radical (unpaired) electrons. The van der Waals surface area contributed by atoms with Crippen LogP contribution in [0.15, 0.2) is 24.3 Å². The molecule has 0 atom stereocenters. The molecule has 0 saturated carbocycles. The molecule has 0 saturated heterocycles. The molecule has 0 aromatic heterocycles. The Hall–Kier alpha value is -1.13. The maximum Gasteiger partial charge on any atom is 0.159 e. The summed E-state index contributed by atoms with van der Waals surface area (Å²) in [5.41, 5.74) is 0.636. The molecule has 0 heterocycles. The normalized spacial score (nSPS) is 11.0. The Morgan fingerprint density at radius 3 is 2.26 bits per heavy atom. The Balaban J connectivity index is 2.59. The van der Waals surface area contributed by atoms with Crippen LogP contribution in [-0.2, 0) is 9.47 Å². The lowest BCUT2D eigenvalue weighted by Crippen LogP contribution is -2.29. The first kappa shape index (κ1) is 15.9. The van der Waals surface area contributed by atoms with Gasteiger partial charge in [0.1, 0.15) is 5.82 Å². The van der Waals surface area contributed by atoms with Crippen LogP contribution in [0.25, 0.3) is 0 Å². The topological polar surface area (TPSA) is 21.7 Å². The van der Waals surface area contributed by atoms with Crippen LogP contribution in [0.2, 0.25) is 0 Å². The summed E-state index contributed by atoms with van der Waals surface area (Å²) >= 11 is 0. The number of ether oxygens (including phenoxy) is 2. The summed E-state index contributed by atoms with van der Waals surface area (Å²) in [5.74, 6) is -0.186. The van der Waals surface area contributed by atoms with Crippen molar-refractivity contribution < 1.29 is 13.9 Å². The summed E-state index contributed by atoms with van der Waals surface area (Å²) in [5, 5.41) is 0. The van der Waals surface area contributed by atoms with E-state index in [-0.39, 0.29) is 12.1 Å². The van der Waals surface area contributed by atoms with Crippen LogP contribution in [0.1, 0.15) is 27.2 Å². The first-order valence-corrected chi connectivity index (χ1v) is 6.95. The molecule has 0 amide bonds. The van der Waals surface area contributed by atoms with E-state index in [1.165, 1.54) is 6.07 Å². The lowest BCUT2D eigenvalue weighted by molar-refractivity contribution is -0.138. The molecule has 3 nitrogen and oxygen atoms in total. The minimum Gasteiger partial charge on any atom is -0.369 e. The van der Waals surface area contributed by atoms with Gasteiger partial charge in [-0.25, -0.2) is 4.39 Å². The molecule has 1 aromatic carbocycles. The molecule has 108 valence electrons. The van der Waals surface area contributed by atoms with Crippen LogP contribution in [-0.4, -0.2) is 32.6 Å². The molecule has 0 spiro atoms. The Bertz CT molecular complexity index is 354. The molecule has 19 heavy (non-hydrogen) atoms. The second-order valence-electron chi connectivity index (χ2n) is 4.16. The average Bonchev–Trinajstić information content (AvgIpc) is 2.41. The minimum atomic E-state index is -0.212. The van der Waals surface area contributed by atoms with Crippen molar-refractivity contribution in [2.24, 2.45) is 0 Å². The van der Waals surface area contributed by atoms with Gasteiger partial charge in [0, 0.05) is 32.7 Å². The van der Waals surface area contributed by atoms with Crippen molar-refractivity contribution in [2.75, 3.05) is 31.2 Å². The molecule has 0 aliphatic carbocycles. The number of rotatable bonds is 9. The molecular weight excluding hydrogens is 245 g/mol. The number of anilines is 1. The zero-order chi connectivity index (χ0) is 14.1. The van der Waals surface area contributed by atoms with E-state index in [1.807, 2.05) is 31.7 Å². The Morgan fingerprint density at radius 2 is 1.74 bits per heavy atom. The number of hydrogen-bond donors (Lipinski definition) is 0. The lowest BCUT2D eigenvalue weighted by atomic mass is 10.2. The van der Waals surface area contributed by atoms with E-state index >= 15 is 0 Å². The Labute approximate surface area is 115 Å². The molecule has 4 heteroatoms. The summed E-state index contributed by atoms with van der Waals surface area (Å²) in [7, 11) is 0. The molecule has 0 aliphatic rings. The van der Waals surface area contributed by atoms with Gasteiger partial charge in [-0.1, -0.05) is 12.1 Å². The van der Waals surface area contributed by atoms with Crippen molar-refractivity contribution in [3.63, 3.8) is 0 Å². The van der Waals surface area contributed by atoms with Crippen LogP contribution in [0.4, 0.5) is 10.1 Å². The van der Waals surface area contributed by atoms with Crippen LogP contribution in [0.5, 0.6) is 0 Å². The third-order valence-electron chi connectivity index (χ3n) is 2.91. The molecule has 0 fully saturated rings. The van der Waals surface area contributed by atoms with E-state index in [1.54, 1.807) is 12.1 Å². The summed E-state index contributed by atoms with van der Waals surface area (Å²) in [4.78, 5) is 2.00. The van der Waals surface area contributed by atoms with E-state index in [2.05, 4.69) is 0 Å². The smallest absolute Gasteiger partial charge is 0.159 e.